The quantitative estimate of drug-likeness (QED) is 0.662. The van der Waals surface area contributed by atoms with Crippen LogP contribution >= 0.6 is 0 Å². The van der Waals surface area contributed by atoms with E-state index in [1.165, 1.54) is 12.1 Å². The van der Waals surface area contributed by atoms with Crippen molar-refractivity contribution in [2.24, 2.45) is 0 Å². The average Bonchev–Trinajstić information content (AvgIpc) is 2.81. The maximum absolute atomic E-state index is 14.5. The highest BCUT2D eigenvalue weighted by Gasteiger charge is 2.38. The summed E-state index contributed by atoms with van der Waals surface area (Å²) >= 11 is 0. The SMILES string of the molecule is CCc1cnc(N2CC[C@H](N3CCCC(Nc4ccc(S(C)(=O)=O)cc4F)C3=O)CC2=O)nc1. The topological polar surface area (TPSA) is 113 Å². The fourth-order valence-electron chi connectivity index (χ4n) is 4.39. The third-order valence-electron chi connectivity index (χ3n) is 6.35. The van der Waals surface area contributed by atoms with E-state index in [1.54, 1.807) is 22.2 Å². The summed E-state index contributed by atoms with van der Waals surface area (Å²) in [6.45, 7) is 2.95. The Labute approximate surface area is 198 Å². The van der Waals surface area contributed by atoms with Gasteiger partial charge in [0.1, 0.15) is 11.9 Å². The Morgan fingerprint density at radius 1 is 1.15 bits per heavy atom. The van der Waals surface area contributed by atoms with E-state index in [0.717, 1.165) is 24.3 Å². The van der Waals surface area contributed by atoms with E-state index in [9.17, 15) is 22.4 Å². The van der Waals surface area contributed by atoms with Gasteiger partial charge in [-0.3, -0.25) is 14.5 Å². The number of nitrogens with zero attached hydrogens (tertiary/aromatic N) is 4. The molecule has 0 radical (unpaired) electrons. The van der Waals surface area contributed by atoms with Gasteiger partial charge in [-0.1, -0.05) is 6.92 Å². The minimum atomic E-state index is -3.53. The molecule has 0 saturated carbocycles. The normalized spacial score (nSPS) is 21.6. The Morgan fingerprint density at radius 3 is 2.50 bits per heavy atom. The number of amides is 2. The molecule has 9 nitrogen and oxygen atoms in total. The van der Waals surface area contributed by atoms with Crippen LogP contribution in [0.15, 0.2) is 35.5 Å². The van der Waals surface area contributed by atoms with Crippen molar-refractivity contribution in [2.75, 3.05) is 29.6 Å². The summed E-state index contributed by atoms with van der Waals surface area (Å²) in [6.07, 6.45) is 7.26. The van der Waals surface area contributed by atoms with Gasteiger partial charge in [0.25, 0.3) is 0 Å². The molecule has 182 valence electrons. The van der Waals surface area contributed by atoms with Crippen LogP contribution < -0.4 is 10.2 Å². The van der Waals surface area contributed by atoms with Gasteiger partial charge < -0.3 is 10.2 Å². The molecule has 2 aromatic rings. The smallest absolute Gasteiger partial charge is 0.245 e. The van der Waals surface area contributed by atoms with Gasteiger partial charge in [0.05, 0.1) is 10.6 Å². The molecule has 0 bridgehead atoms. The van der Waals surface area contributed by atoms with Crippen molar-refractivity contribution in [2.45, 2.75) is 56.0 Å². The molecule has 2 saturated heterocycles. The maximum atomic E-state index is 14.5. The number of anilines is 2. The molecule has 4 rings (SSSR count). The lowest BCUT2D eigenvalue weighted by Gasteiger charge is -2.41. The minimum absolute atomic E-state index is 0.0752. The van der Waals surface area contributed by atoms with E-state index in [4.69, 9.17) is 0 Å². The molecule has 3 heterocycles. The van der Waals surface area contributed by atoms with Crippen LogP contribution in [0.3, 0.4) is 0 Å². The van der Waals surface area contributed by atoms with Crippen LogP contribution in [0.25, 0.3) is 0 Å². The highest BCUT2D eigenvalue weighted by molar-refractivity contribution is 7.90. The summed E-state index contributed by atoms with van der Waals surface area (Å²) in [5.41, 5.74) is 1.07. The third kappa shape index (κ3) is 5.03. The van der Waals surface area contributed by atoms with E-state index in [2.05, 4.69) is 15.3 Å². The Bertz CT molecular complexity index is 1190. The first-order chi connectivity index (χ1) is 16.2. The van der Waals surface area contributed by atoms with Crippen LogP contribution in [0, 0.1) is 5.82 Å². The molecular formula is C23H28FN5O4S. The molecule has 2 atom stereocenters. The van der Waals surface area contributed by atoms with Gasteiger partial charge in [0.2, 0.25) is 17.8 Å². The predicted molar refractivity (Wildman–Crippen MR) is 125 cm³/mol. The van der Waals surface area contributed by atoms with Crippen molar-refractivity contribution < 1.29 is 22.4 Å². The largest absolute Gasteiger partial charge is 0.371 e. The molecule has 1 N–H and O–H groups in total. The van der Waals surface area contributed by atoms with Gasteiger partial charge in [0.15, 0.2) is 9.84 Å². The number of hydrogen-bond acceptors (Lipinski definition) is 7. The van der Waals surface area contributed by atoms with E-state index in [1.807, 2.05) is 6.92 Å². The highest BCUT2D eigenvalue weighted by atomic mass is 32.2. The second-order valence-electron chi connectivity index (χ2n) is 8.72. The standard InChI is InChI=1S/C23H28FN5O4S/c1-3-15-13-25-23(26-14-15)29-10-8-16(11-21(29)30)28-9-4-5-20(22(28)31)27-19-7-6-17(12-18(19)24)34(2,32)33/h6-7,12-14,16,20,27H,3-5,8-11H2,1-2H3/t16-,20?/m0/s1. The molecule has 0 spiro atoms. The predicted octanol–water partition coefficient (Wildman–Crippen LogP) is 2.18. The van der Waals surface area contributed by atoms with E-state index < -0.39 is 21.7 Å². The first kappa shape index (κ1) is 24.1. The first-order valence-corrected chi connectivity index (χ1v) is 13.2. The van der Waals surface area contributed by atoms with Crippen LogP contribution in [-0.4, -0.2) is 66.5 Å². The van der Waals surface area contributed by atoms with Gasteiger partial charge in [-0.25, -0.2) is 22.8 Å². The number of aromatic nitrogens is 2. The van der Waals surface area contributed by atoms with Crippen LogP contribution in [0.1, 0.15) is 38.2 Å². The van der Waals surface area contributed by atoms with E-state index >= 15 is 0 Å². The molecule has 34 heavy (non-hydrogen) atoms. The summed E-state index contributed by atoms with van der Waals surface area (Å²) < 4.78 is 37.8. The van der Waals surface area contributed by atoms with Crippen molar-refractivity contribution in [1.82, 2.24) is 14.9 Å². The van der Waals surface area contributed by atoms with Gasteiger partial charge in [-0.2, -0.15) is 0 Å². The van der Waals surface area contributed by atoms with Crippen molar-refractivity contribution in [3.05, 3.63) is 42.0 Å². The molecule has 2 amide bonds. The third-order valence-corrected chi connectivity index (χ3v) is 7.46. The average molecular weight is 490 g/mol. The number of carbonyl (C=O) groups excluding carboxylic acids is 2. The lowest BCUT2D eigenvalue weighted by atomic mass is 9.96. The number of rotatable bonds is 6. The Balaban J connectivity index is 1.42. The number of piperidine rings is 2. The lowest BCUT2D eigenvalue weighted by molar-refractivity contribution is -0.138. The van der Waals surface area contributed by atoms with Gasteiger partial charge in [0, 0.05) is 44.2 Å². The Hall–Kier alpha value is -3.08. The zero-order valence-corrected chi connectivity index (χ0v) is 20.0. The maximum Gasteiger partial charge on any atom is 0.245 e. The number of benzene rings is 1. The number of likely N-dealkylation sites (tertiary alicyclic amines) is 1. The summed E-state index contributed by atoms with van der Waals surface area (Å²) in [5, 5.41) is 2.93. The number of sulfone groups is 1. The highest BCUT2D eigenvalue weighted by Crippen LogP contribution is 2.27. The van der Waals surface area contributed by atoms with E-state index in [-0.39, 0.29) is 34.9 Å². The van der Waals surface area contributed by atoms with Gasteiger partial charge in [-0.05, 0) is 49.4 Å². The molecule has 1 unspecified atom stereocenters. The van der Waals surface area contributed by atoms with Crippen LogP contribution in [-0.2, 0) is 25.8 Å². The molecule has 2 aliphatic rings. The van der Waals surface area contributed by atoms with Crippen LogP contribution in [0.4, 0.5) is 16.0 Å². The first-order valence-electron chi connectivity index (χ1n) is 11.3. The van der Waals surface area contributed by atoms with Crippen molar-refractivity contribution in [3.8, 4) is 0 Å². The van der Waals surface area contributed by atoms with Gasteiger partial charge in [-0.15, -0.1) is 0 Å². The number of nitrogens with one attached hydrogen (secondary N) is 1. The van der Waals surface area contributed by atoms with Crippen molar-refractivity contribution >= 4 is 33.3 Å². The molecule has 1 aromatic heterocycles. The summed E-state index contributed by atoms with van der Waals surface area (Å²) in [5.74, 6) is -0.679. The summed E-state index contributed by atoms with van der Waals surface area (Å²) in [7, 11) is -3.53. The Kier molecular flexibility index (Phi) is 6.83. The molecular weight excluding hydrogens is 461 g/mol. The number of aryl methyl sites for hydroxylation is 1. The molecule has 11 heteroatoms. The lowest BCUT2D eigenvalue weighted by Crippen LogP contribution is -2.56. The molecule has 1 aromatic carbocycles. The van der Waals surface area contributed by atoms with Crippen LogP contribution in [0.5, 0.6) is 0 Å². The fraction of sp³-hybridized carbons (Fsp3) is 0.478. The monoisotopic (exact) mass is 489 g/mol. The fourth-order valence-corrected chi connectivity index (χ4v) is 5.02. The molecule has 2 fully saturated rings. The zero-order valence-electron chi connectivity index (χ0n) is 19.2. The van der Waals surface area contributed by atoms with Crippen LogP contribution in [0.2, 0.25) is 0 Å². The van der Waals surface area contributed by atoms with Gasteiger partial charge >= 0.3 is 0 Å². The number of carbonyl (C=O) groups is 2. The summed E-state index contributed by atoms with van der Waals surface area (Å²) in [6, 6.07) is 2.71. The number of hydrogen-bond donors (Lipinski definition) is 1. The van der Waals surface area contributed by atoms with Crippen molar-refractivity contribution in [3.63, 3.8) is 0 Å². The second kappa shape index (κ2) is 9.65. The second-order valence-corrected chi connectivity index (χ2v) is 10.7. The minimum Gasteiger partial charge on any atom is -0.371 e. The van der Waals surface area contributed by atoms with Crippen molar-refractivity contribution in [1.29, 1.82) is 0 Å². The summed E-state index contributed by atoms with van der Waals surface area (Å²) in [4.78, 5) is 37.8. The molecule has 2 aliphatic heterocycles. The molecule has 0 aliphatic carbocycles. The number of halogens is 1. The zero-order chi connectivity index (χ0) is 24.5. The van der Waals surface area contributed by atoms with E-state index in [0.29, 0.717) is 38.3 Å². The Morgan fingerprint density at radius 2 is 1.88 bits per heavy atom.